The first-order chi connectivity index (χ1) is 15.0. The number of imidazole rings is 1. The third-order valence-corrected chi connectivity index (χ3v) is 6.71. The molecule has 0 spiro atoms. The number of hydrogen-bond acceptors (Lipinski definition) is 4. The average Bonchev–Trinajstić information content (AvgIpc) is 3.41. The molecule has 0 bridgehead atoms. The Morgan fingerprint density at radius 1 is 1.10 bits per heavy atom. The van der Waals surface area contributed by atoms with E-state index in [2.05, 4.69) is 23.6 Å². The van der Waals surface area contributed by atoms with Crippen molar-refractivity contribution in [2.45, 2.75) is 52.1 Å². The monoisotopic (exact) mass is 424 g/mol. The predicted molar refractivity (Wildman–Crippen MR) is 118 cm³/mol. The summed E-state index contributed by atoms with van der Waals surface area (Å²) >= 11 is 0. The summed E-state index contributed by atoms with van der Waals surface area (Å²) in [6.45, 7) is 6.53. The average molecular weight is 425 g/mol. The van der Waals surface area contributed by atoms with Gasteiger partial charge in [0.05, 0.1) is 13.2 Å². The number of piperidine rings is 1. The largest absolute Gasteiger partial charge is 0.497 e. The molecule has 2 aliphatic heterocycles. The molecule has 2 aromatic rings. The summed E-state index contributed by atoms with van der Waals surface area (Å²) in [5.41, 5.74) is 2.27. The van der Waals surface area contributed by atoms with Crippen LogP contribution in [0.3, 0.4) is 0 Å². The van der Waals surface area contributed by atoms with Crippen molar-refractivity contribution in [2.24, 2.45) is 5.92 Å². The van der Waals surface area contributed by atoms with Crippen molar-refractivity contribution in [3.05, 3.63) is 47.5 Å². The number of benzene rings is 1. The van der Waals surface area contributed by atoms with E-state index in [4.69, 9.17) is 9.72 Å². The molecule has 3 heterocycles. The van der Waals surface area contributed by atoms with Crippen LogP contribution in [0.2, 0.25) is 0 Å². The summed E-state index contributed by atoms with van der Waals surface area (Å²) in [5.74, 6) is 2.14. The molecule has 7 heteroatoms. The smallest absolute Gasteiger partial charge is 0.226 e. The van der Waals surface area contributed by atoms with Crippen LogP contribution in [0.1, 0.15) is 55.7 Å². The van der Waals surface area contributed by atoms with Gasteiger partial charge in [0.2, 0.25) is 11.8 Å². The van der Waals surface area contributed by atoms with E-state index < -0.39 is 0 Å². The van der Waals surface area contributed by atoms with Crippen LogP contribution >= 0.6 is 0 Å². The van der Waals surface area contributed by atoms with Crippen LogP contribution in [-0.4, -0.2) is 57.9 Å². The molecule has 1 aromatic carbocycles. The standard InChI is InChI=1S/C24H32N4O3/c1-17-15-25-23(28(17)16-19-6-8-21(31-3)9-7-19)22-5-4-12-27(22)24(30)20-10-13-26(14-11-20)18(2)29/h6-9,15,20,22H,4-5,10-14,16H2,1-3H3. The Kier molecular flexibility index (Phi) is 6.30. The Morgan fingerprint density at radius 2 is 1.81 bits per heavy atom. The fourth-order valence-corrected chi connectivity index (χ4v) is 4.84. The van der Waals surface area contributed by atoms with E-state index >= 15 is 0 Å². The summed E-state index contributed by atoms with van der Waals surface area (Å²) in [6, 6.07) is 8.11. The summed E-state index contributed by atoms with van der Waals surface area (Å²) in [6.07, 6.45) is 5.35. The molecule has 31 heavy (non-hydrogen) atoms. The molecule has 1 atom stereocenters. The van der Waals surface area contributed by atoms with Crippen LogP contribution < -0.4 is 4.74 Å². The number of likely N-dealkylation sites (tertiary alicyclic amines) is 2. The topological polar surface area (TPSA) is 67.7 Å². The van der Waals surface area contributed by atoms with E-state index in [0.717, 1.165) is 56.0 Å². The number of rotatable bonds is 5. The Hall–Kier alpha value is -2.83. The zero-order valence-electron chi connectivity index (χ0n) is 18.7. The maximum Gasteiger partial charge on any atom is 0.226 e. The first-order valence-electron chi connectivity index (χ1n) is 11.2. The number of nitrogens with zero attached hydrogens (tertiary/aromatic N) is 4. The summed E-state index contributed by atoms with van der Waals surface area (Å²) < 4.78 is 7.50. The first-order valence-corrected chi connectivity index (χ1v) is 11.2. The Morgan fingerprint density at radius 3 is 2.45 bits per heavy atom. The summed E-state index contributed by atoms with van der Waals surface area (Å²) in [7, 11) is 1.67. The molecule has 2 aliphatic rings. The molecule has 1 aromatic heterocycles. The van der Waals surface area contributed by atoms with Gasteiger partial charge in [0, 0.05) is 50.9 Å². The number of carbonyl (C=O) groups is 2. The van der Waals surface area contributed by atoms with E-state index in [1.807, 2.05) is 28.1 Å². The first kappa shape index (κ1) is 21.4. The molecule has 2 fully saturated rings. The van der Waals surface area contributed by atoms with Crippen LogP contribution in [0.5, 0.6) is 5.75 Å². The van der Waals surface area contributed by atoms with E-state index in [0.29, 0.717) is 13.1 Å². The highest BCUT2D eigenvalue weighted by molar-refractivity contribution is 5.80. The van der Waals surface area contributed by atoms with Gasteiger partial charge in [-0.1, -0.05) is 12.1 Å². The number of carbonyl (C=O) groups excluding carboxylic acids is 2. The third kappa shape index (κ3) is 4.45. The minimum atomic E-state index is 0.00213. The molecule has 2 saturated heterocycles. The minimum Gasteiger partial charge on any atom is -0.497 e. The molecular weight excluding hydrogens is 392 g/mol. The number of methoxy groups -OCH3 is 1. The molecule has 0 aliphatic carbocycles. The minimum absolute atomic E-state index is 0.00213. The highest BCUT2D eigenvalue weighted by atomic mass is 16.5. The second kappa shape index (κ2) is 9.12. The van der Waals surface area contributed by atoms with Crippen molar-refractivity contribution in [1.29, 1.82) is 0 Å². The molecule has 0 radical (unpaired) electrons. The predicted octanol–water partition coefficient (Wildman–Crippen LogP) is 3.17. The lowest BCUT2D eigenvalue weighted by molar-refractivity contribution is -0.141. The molecule has 2 amide bonds. The molecule has 166 valence electrons. The van der Waals surface area contributed by atoms with Gasteiger partial charge in [-0.2, -0.15) is 0 Å². The molecular formula is C24H32N4O3. The number of ether oxygens (including phenoxy) is 1. The summed E-state index contributed by atoms with van der Waals surface area (Å²) in [5, 5.41) is 0. The van der Waals surface area contributed by atoms with Crippen molar-refractivity contribution in [1.82, 2.24) is 19.4 Å². The van der Waals surface area contributed by atoms with E-state index in [-0.39, 0.29) is 23.8 Å². The van der Waals surface area contributed by atoms with Gasteiger partial charge in [0.15, 0.2) is 0 Å². The molecule has 0 N–H and O–H groups in total. The zero-order chi connectivity index (χ0) is 22.0. The second-order valence-electron chi connectivity index (χ2n) is 8.66. The number of amides is 2. The molecule has 7 nitrogen and oxygen atoms in total. The maximum atomic E-state index is 13.4. The van der Waals surface area contributed by atoms with Gasteiger partial charge in [-0.3, -0.25) is 9.59 Å². The van der Waals surface area contributed by atoms with Gasteiger partial charge in [-0.15, -0.1) is 0 Å². The lowest BCUT2D eigenvalue weighted by atomic mass is 9.95. The van der Waals surface area contributed by atoms with Crippen LogP contribution in [0, 0.1) is 12.8 Å². The van der Waals surface area contributed by atoms with E-state index in [1.54, 1.807) is 14.0 Å². The fourth-order valence-electron chi connectivity index (χ4n) is 4.84. The van der Waals surface area contributed by atoms with Gasteiger partial charge in [0.1, 0.15) is 11.6 Å². The van der Waals surface area contributed by atoms with Gasteiger partial charge < -0.3 is 19.1 Å². The highest BCUT2D eigenvalue weighted by Crippen LogP contribution is 2.35. The van der Waals surface area contributed by atoms with Crippen molar-refractivity contribution < 1.29 is 14.3 Å². The summed E-state index contributed by atoms with van der Waals surface area (Å²) in [4.78, 5) is 33.6. The quantitative estimate of drug-likeness (QED) is 0.739. The number of aromatic nitrogens is 2. The normalized spacial score (nSPS) is 19.6. The van der Waals surface area contributed by atoms with Gasteiger partial charge in [-0.05, 0) is 50.3 Å². The van der Waals surface area contributed by atoms with Crippen molar-refractivity contribution in [3.63, 3.8) is 0 Å². The Balaban J connectivity index is 1.50. The van der Waals surface area contributed by atoms with Crippen LogP contribution in [-0.2, 0) is 16.1 Å². The van der Waals surface area contributed by atoms with Crippen molar-refractivity contribution >= 4 is 11.8 Å². The zero-order valence-corrected chi connectivity index (χ0v) is 18.7. The van der Waals surface area contributed by atoms with Crippen molar-refractivity contribution in [3.8, 4) is 5.75 Å². The van der Waals surface area contributed by atoms with Crippen LogP contribution in [0.25, 0.3) is 0 Å². The SMILES string of the molecule is COc1ccc(Cn2c(C)cnc2C2CCCN2C(=O)C2CCN(C(C)=O)CC2)cc1. The molecule has 1 unspecified atom stereocenters. The van der Waals surface area contributed by atoms with Gasteiger partial charge in [-0.25, -0.2) is 4.98 Å². The highest BCUT2D eigenvalue weighted by Gasteiger charge is 2.37. The third-order valence-electron chi connectivity index (χ3n) is 6.71. The van der Waals surface area contributed by atoms with E-state index in [9.17, 15) is 9.59 Å². The van der Waals surface area contributed by atoms with Crippen molar-refractivity contribution in [2.75, 3.05) is 26.7 Å². The van der Waals surface area contributed by atoms with Gasteiger partial charge >= 0.3 is 0 Å². The van der Waals surface area contributed by atoms with Crippen LogP contribution in [0.15, 0.2) is 30.5 Å². The number of aryl methyl sites for hydroxylation is 1. The Bertz CT molecular complexity index is 929. The lowest BCUT2D eigenvalue weighted by Gasteiger charge is -2.34. The molecule has 4 rings (SSSR count). The maximum absolute atomic E-state index is 13.4. The molecule has 0 saturated carbocycles. The Labute approximate surface area is 184 Å². The van der Waals surface area contributed by atoms with Crippen LogP contribution in [0.4, 0.5) is 0 Å². The lowest BCUT2D eigenvalue weighted by Crippen LogP contribution is -2.44. The van der Waals surface area contributed by atoms with E-state index in [1.165, 1.54) is 5.56 Å². The second-order valence-corrected chi connectivity index (χ2v) is 8.66. The fraction of sp³-hybridized carbons (Fsp3) is 0.542. The number of hydrogen-bond donors (Lipinski definition) is 0. The van der Waals surface area contributed by atoms with Gasteiger partial charge in [0.25, 0.3) is 0 Å².